The number of imidazole rings is 1. The largest absolute Gasteiger partial charge is 0.404 e. The van der Waals surface area contributed by atoms with Crippen molar-refractivity contribution in [3.63, 3.8) is 0 Å². The number of hydrogen-bond donors (Lipinski definition) is 1. The summed E-state index contributed by atoms with van der Waals surface area (Å²) in [5.74, 6) is 1.98. The van der Waals surface area contributed by atoms with Crippen molar-refractivity contribution >= 4 is 17.4 Å². The first-order chi connectivity index (χ1) is 17.1. The zero-order chi connectivity index (χ0) is 24.2. The molecule has 3 heterocycles. The van der Waals surface area contributed by atoms with Crippen LogP contribution in [0.3, 0.4) is 0 Å². The fourth-order valence-electron chi connectivity index (χ4n) is 4.92. The number of nitrogens with zero attached hydrogens (tertiary/aromatic N) is 4. The number of nitrogens with two attached hydrogens (primary N) is 1. The van der Waals surface area contributed by atoms with E-state index in [0.717, 1.165) is 69.6 Å². The first-order valence-corrected chi connectivity index (χ1v) is 13.4. The fourth-order valence-corrected chi connectivity index (χ4v) is 5.85. The Kier molecular flexibility index (Phi) is 7.46. The first-order valence-electron chi connectivity index (χ1n) is 12.4. The highest BCUT2D eigenvalue weighted by Gasteiger charge is 2.18. The average Bonchev–Trinajstić information content (AvgIpc) is 3.24. The molecule has 0 unspecified atom stereocenters. The lowest BCUT2D eigenvalue weighted by atomic mass is 9.99. The zero-order valence-corrected chi connectivity index (χ0v) is 21.6. The van der Waals surface area contributed by atoms with Gasteiger partial charge < -0.3 is 19.9 Å². The number of morpholine rings is 1. The number of aromatic nitrogens is 2. The van der Waals surface area contributed by atoms with Crippen LogP contribution in [0, 0.1) is 13.8 Å². The minimum absolute atomic E-state index is 0.809. The molecule has 0 atom stereocenters. The number of hydrogen-bond acceptors (Lipinski definition) is 6. The van der Waals surface area contributed by atoms with E-state index < -0.39 is 0 Å². The Hall–Kier alpha value is -2.74. The molecular weight excluding hydrogens is 454 g/mol. The second-order valence-electron chi connectivity index (χ2n) is 9.40. The number of rotatable bonds is 7. The van der Waals surface area contributed by atoms with Crippen LogP contribution in [0.25, 0.3) is 5.69 Å². The van der Waals surface area contributed by atoms with E-state index in [1.165, 1.54) is 33.0 Å². The summed E-state index contributed by atoms with van der Waals surface area (Å²) in [5.41, 5.74) is 13.7. The van der Waals surface area contributed by atoms with Crippen molar-refractivity contribution in [3.05, 3.63) is 88.0 Å². The molecule has 0 aliphatic carbocycles. The topological polar surface area (TPSA) is 59.5 Å². The van der Waals surface area contributed by atoms with Crippen LogP contribution in [0.1, 0.15) is 28.2 Å². The van der Waals surface area contributed by atoms with Crippen molar-refractivity contribution in [1.82, 2.24) is 14.5 Å². The van der Waals surface area contributed by atoms with Gasteiger partial charge in [-0.05, 0) is 61.2 Å². The Morgan fingerprint density at radius 1 is 1.03 bits per heavy atom. The van der Waals surface area contributed by atoms with E-state index in [2.05, 4.69) is 74.9 Å². The van der Waals surface area contributed by atoms with E-state index in [1.54, 1.807) is 6.20 Å². The molecule has 1 aromatic heterocycles. The Morgan fingerprint density at radius 3 is 2.51 bits per heavy atom. The predicted molar refractivity (Wildman–Crippen MR) is 145 cm³/mol. The summed E-state index contributed by atoms with van der Waals surface area (Å²) in [5, 5.41) is 0. The van der Waals surface area contributed by atoms with E-state index in [4.69, 9.17) is 10.5 Å². The van der Waals surface area contributed by atoms with Crippen LogP contribution < -0.4 is 10.6 Å². The quantitative estimate of drug-likeness (QED) is 0.530. The van der Waals surface area contributed by atoms with E-state index in [0.29, 0.717) is 0 Å². The molecule has 3 aromatic rings. The highest BCUT2D eigenvalue weighted by Crippen LogP contribution is 2.27. The maximum absolute atomic E-state index is 6.03. The summed E-state index contributed by atoms with van der Waals surface area (Å²) >= 11 is 1.86. The number of benzene rings is 2. The molecule has 0 bridgehead atoms. The SMILES string of the molecule is Cc1cn(-c2ccc3c(c2)CN(CS/C(=C\N)Cc2ccc(N4CCOCC4)cc2)CC3)c(C)n1. The number of allylic oxidation sites excluding steroid dienone is 1. The van der Waals surface area contributed by atoms with E-state index in [-0.39, 0.29) is 0 Å². The molecule has 0 amide bonds. The van der Waals surface area contributed by atoms with Gasteiger partial charge in [0.05, 0.1) is 18.9 Å². The summed E-state index contributed by atoms with van der Waals surface area (Å²) in [7, 11) is 0. The van der Waals surface area contributed by atoms with Gasteiger partial charge in [0.2, 0.25) is 0 Å². The van der Waals surface area contributed by atoms with Gasteiger partial charge in [-0.15, -0.1) is 11.8 Å². The van der Waals surface area contributed by atoms with Crippen molar-refractivity contribution < 1.29 is 4.74 Å². The molecule has 0 spiro atoms. The number of aryl methyl sites for hydroxylation is 2. The molecule has 2 aliphatic heterocycles. The van der Waals surface area contributed by atoms with Crippen molar-refractivity contribution in [3.8, 4) is 5.69 Å². The van der Waals surface area contributed by atoms with Gasteiger partial charge in [0.25, 0.3) is 0 Å². The van der Waals surface area contributed by atoms with Gasteiger partial charge >= 0.3 is 0 Å². The lowest BCUT2D eigenvalue weighted by Gasteiger charge is -2.29. The van der Waals surface area contributed by atoms with Crippen molar-refractivity contribution in [2.24, 2.45) is 5.73 Å². The summed E-state index contributed by atoms with van der Waals surface area (Å²) in [4.78, 5) is 10.7. The minimum Gasteiger partial charge on any atom is -0.404 e. The second kappa shape index (κ2) is 10.9. The summed E-state index contributed by atoms with van der Waals surface area (Å²) in [6.07, 6.45) is 5.85. The smallest absolute Gasteiger partial charge is 0.110 e. The molecule has 6 nitrogen and oxygen atoms in total. The molecule has 35 heavy (non-hydrogen) atoms. The van der Waals surface area contributed by atoms with Gasteiger partial charge in [-0.2, -0.15) is 0 Å². The second-order valence-corrected chi connectivity index (χ2v) is 10.5. The van der Waals surface area contributed by atoms with Crippen molar-refractivity contribution in [1.29, 1.82) is 0 Å². The molecule has 2 aromatic carbocycles. The van der Waals surface area contributed by atoms with Crippen LogP contribution in [0.15, 0.2) is 59.8 Å². The predicted octanol–water partition coefficient (Wildman–Crippen LogP) is 4.42. The molecule has 0 saturated carbocycles. The summed E-state index contributed by atoms with van der Waals surface area (Å²) < 4.78 is 7.65. The van der Waals surface area contributed by atoms with E-state index >= 15 is 0 Å². The average molecular weight is 490 g/mol. The van der Waals surface area contributed by atoms with Crippen LogP contribution in [0.4, 0.5) is 5.69 Å². The summed E-state index contributed by atoms with van der Waals surface area (Å²) in [6.45, 7) is 9.70. The van der Waals surface area contributed by atoms with Crippen molar-refractivity contribution in [2.45, 2.75) is 33.2 Å². The maximum atomic E-state index is 6.03. The van der Waals surface area contributed by atoms with Crippen LogP contribution in [-0.4, -0.2) is 53.2 Å². The lowest BCUT2D eigenvalue weighted by molar-refractivity contribution is 0.122. The molecule has 2 N–H and O–H groups in total. The van der Waals surface area contributed by atoms with Gasteiger partial charge in [0.15, 0.2) is 0 Å². The number of thioether (sulfide) groups is 1. The molecule has 1 saturated heterocycles. The first kappa shape index (κ1) is 24.0. The van der Waals surface area contributed by atoms with Crippen molar-refractivity contribution in [2.75, 3.05) is 43.6 Å². The number of fused-ring (bicyclic) bond motifs is 1. The third-order valence-electron chi connectivity index (χ3n) is 6.87. The lowest BCUT2D eigenvalue weighted by Crippen LogP contribution is -2.36. The van der Waals surface area contributed by atoms with Crippen LogP contribution in [0.5, 0.6) is 0 Å². The van der Waals surface area contributed by atoms with Gasteiger partial charge in [-0.25, -0.2) is 4.98 Å². The number of anilines is 1. The number of ether oxygens (including phenoxy) is 1. The Balaban J connectivity index is 1.17. The normalized spacial score (nSPS) is 17.0. The standard InChI is InChI=1S/C28H35N5OS/c1-21-18-33(22(2)30-21)27-8-5-24-9-10-31(19-25(24)16-27)20-35-28(17-29)15-23-3-6-26(7-4-23)32-11-13-34-14-12-32/h3-8,16-18H,9-15,19-20,29H2,1-2H3/b28-17-. The van der Waals surface area contributed by atoms with Crippen LogP contribution in [-0.2, 0) is 24.1 Å². The highest BCUT2D eigenvalue weighted by atomic mass is 32.2. The van der Waals surface area contributed by atoms with Crippen LogP contribution in [0.2, 0.25) is 0 Å². The molecular formula is C28H35N5OS. The fraction of sp³-hybridized carbons (Fsp3) is 0.393. The van der Waals surface area contributed by atoms with Crippen LogP contribution >= 0.6 is 11.8 Å². The third-order valence-corrected chi connectivity index (χ3v) is 8.02. The molecule has 5 rings (SSSR count). The van der Waals surface area contributed by atoms with E-state index in [9.17, 15) is 0 Å². The molecule has 1 fully saturated rings. The van der Waals surface area contributed by atoms with Gasteiger partial charge in [-0.3, -0.25) is 4.90 Å². The Bertz CT molecular complexity index is 1180. The summed E-state index contributed by atoms with van der Waals surface area (Å²) in [6, 6.07) is 15.7. The van der Waals surface area contributed by atoms with Gasteiger partial charge in [0.1, 0.15) is 5.82 Å². The van der Waals surface area contributed by atoms with E-state index in [1.807, 2.05) is 18.7 Å². The zero-order valence-electron chi connectivity index (χ0n) is 20.7. The Labute approximate surface area is 212 Å². The van der Waals surface area contributed by atoms with Gasteiger partial charge in [-0.1, -0.05) is 18.2 Å². The Morgan fingerprint density at radius 2 is 1.80 bits per heavy atom. The molecule has 2 aliphatic rings. The third kappa shape index (κ3) is 5.74. The maximum Gasteiger partial charge on any atom is 0.110 e. The molecule has 7 heteroatoms. The molecule has 0 radical (unpaired) electrons. The minimum atomic E-state index is 0.809. The van der Waals surface area contributed by atoms with Gasteiger partial charge in [0, 0.05) is 67.2 Å². The highest BCUT2D eigenvalue weighted by molar-refractivity contribution is 8.03. The molecule has 184 valence electrons. The monoisotopic (exact) mass is 489 g/mol.